The molecule has 2 N–H and O–H groups in total. The second-order valence-corrected chi connectivity index (χ2v) is 6.28. The van der Waals surface area contributed by atoms with Gasteiger partial charge in [0.05, 0.1) is 0 Å². The minimum absolute atomic E-state index is 0.297. The first-order valence-electron chi connectivity index (χ1n) is 7.83. The number of hydrogen-bond donors (Lipinski definition) is 1. The quantitative estimate of drug-likeness (QED) is 0.861. The van der Waals surface area contributed by atoms with Crippen LogP contribution in [0.3, 0.4) is 0 Å². The van der Waals surface area contributed by atoms with E-state index in [0.29, 0.717) is 6.04 Å². The van der Waals surface area contributed by atoms with Gasteiger partial charge in [0.2, 0.25) is 0 Å². The molecule has 0 amide bonds. The van der Waals surface area contributed by atoms with Crippen LogP contribution >= 0.6 is 0 Å². The van der Waals surface area contributed by atoms with Gasteiger partial charge in [0.1, 0.15) is 0 Å². The third-order valence-electron chi connectivity index (χ3n) is 4.43. The lowest BCUT2D eigenvalue weighted by molar-refractivity contribution is 0.138. The molecule has 0 saturated carbocycles. The third kappa shape index (κ3) is 4.89. The van der Waals surface area contributed by atoms with E-state index in [4.69, 9.17) is 5.73 Å². The average Bonchev–Trinajstić information content (AvgIpc) is 2.47. The number of nitrogens with zero attached hydrogens (tertiary/aromatic N) is 2. The monoisotopic (exact) mass is 275 g/mol. The first kappa shape index (κ1) is 15.5. The number of piperidine rings is 1. The van der Waals surface area contributed by atoms with Gasteiger partial charge in [-0.25, -0.2) is 0 Å². The predicted octanol–water partition coefficient (Wildman–Crippen LogP) is 1.97. The van der Waals surface area contributed by atoms with Crippen molar-refractivity contribution < 1.29 is 0 Å². The summed E-state index contributed by atoms with van der Waals surface area (Å²) in [6, 6.07) is 11.7. The SMILES string of the molecule is CN(C)C1CCN(CC(N)CCc2ccccc2)CC1. The van der Waals surface area contributed by atoms with Crippen LogP contribution in [0.4, 0.5) is 0 Å². The summed E-state index contributed by atoms with van der Waals surface area (Å²) >= 11 is 0. The normalized spacial score (nSPS) is 19.4. The van der Waals surface area contributed by atoms with Gasteiger partial charge in [-0.3, -0.25) is 0 Å². The Kier molecular flexibility index (Phi) is 6.02. The number of rotatable bonds is 6. The fourth-order valence-electron chi connectivity index (χ4n) is 3.04. The van der Waals surface area contributed by atoms with Gasteiger partial charge in [-0.05, 0) is 58.4 Å². The number of likely N-dealkylation sites (tertiary alicyclic amines) is 1. The van der Waals surface area contributed by atoms with Crippen molar-refractivity contribution in [1.82, 2.24) is 9.80 Å². The summed E-state index contributed by atoms with van der Waals surface area (Å²) in [5.74, 6) is 0. The van der Waals surface area contributed by atoms with Crippen molar-refractivity contribution in [2.24, 2.45) is 5.73 Å². The molecule has 0 aromatic heterocycles. The van der Waals surface area contributed by atoms with E-state index in [0.717, 1.165) is 25.4 Å². The molecule has 0 aliphatic carbocycles. The van der Waals surface area contributed by atoms with Crippen molar-refractivity contribution in [1.29, 1.82) is 0 Å². The zero-order valence-electron chi connectivity index (χ0n) is 13.0. The first-order valence-corrected chi connectivity index (χ1v) is 7.83. The Labute approximate surface area is 123 Å². The molecule has 20 heavy (non-hydrogen) atoms. The van der Waals surface area contributed by atoms with E-state index in [9.17, 15) is 0 Å². The molecular weight excluding hydrogens is 246 g/mol. The van der Waals surface area contributed by atoms with Crippen molar-refractivity contribution in [3.8, 4) is 0 Å². The topological polar surface area (TPSA) is 32.5 Å². The Hall–Kier alpha value is -0.900. The molecule has 1 aliphatic rings. The number of nitrogens with two attached hydrogens (primary N) is 1. The minimum atomic E-state index is 0.297. The van der Waals surface area contributed by atoms with E-state index < -0.39 is 0 Å². The van der Waals surface area contributed by atoms with Crippen LogP contribution in [0, 0.1) is 0 Å². The van der Waals surface area contributed by atoms with Crippen LogP contribution in [-0.4, -0.2) is 55.6 Å². The van der Waals surface area contributed by atoms with Crippen LogP contribution in [0.25, 0.3) is 0 Å². The predicted molar refractivity (Wildman–Crippen MR) is 85.9 cm³/mol. The van der Waals surface area contributed by atoms with Gasteiger partial charge >= 0.3 is 0 Å². The molecule has 2 rings (SSSR count). The van der Waals surface area contributed by atoms with Crippen molar-refractivity contribution in [3.05, 3.63) is 35.9 Å². The summed E-state index contributed by atoms with van der Waals surface area (Å²) in [5, 5.41) is 0. The second-order valence-electron chi connectivity index (χ2n) is 6.28. The summed E-state index contributed by atoms with van der Waals surface area (Å²) in [6.45, 7) is 3.44. The Morgan fingerprint density at radius 2 is 1.85 bits per heavy atom. The van der Waals surface area contributed by atoms with E-state index in [2.05, 4.69) is 54.2 Å². The molecule has 0 spiro atoms. The second kappa shape index (κ2) is 7.77. The molecule has 1 aromatic rings. The van der Waals surface area contributed by atoms with Gasteiger partial charge < -0.3 is 15.5 Å². The maximum absolute atomic E-state index is 6.29. The van der Waals surface area contributed by atoms with Crippen molar-refractivity contribution in [3.63, 3.8) is 0 Å². The molecule has 112 valence electrons. The average molecular weight is 275 g/mol. The van der Waals surface area contributed by atoms with Crippen LogP contribution in [-0.2, 0) is 6.42 Å². The van der Waals surface area contributed by atoms with Crippen LogP contribution < -0.4 is 5.73 Å². The van der Waals surface area contributed by atoms with Crippen molar-refractivity contribution in [2.45, 2.75) is 37.8 Å². The van der Waals surface area contributed by atoms with E-state index >= 15 is 0 Å². The van der Waals surface area contributed by atoms with E-state index in [-0.39, 0.29) is 0 Å². The standard InChI is InChI=1S/C17H29N3/c1-19(2)17-10-12-20(13-11-17)14-16(18)9-8-15-6-4-3-5-7-15/h3-7,16-17H,8-14,18H2,1-2H3. The van der Waals surface area contributed by atoms with Gasteiger partial charge in [-0.15, -0.1) is 0 Å². The maximum Gasteiger partial charge on any atom is 0.0170 e. The molecule has 1 unspecified atom stereocenters. The lowest BCUT2D eigenvalue weighted by atomic mass is 10.0. The molecular formula is C17H29N3. The molecule has 3 nitrogen and oxygen atoms in total. The molecule has 1 aromatic carbocycles. The van der Waals surface area contributed by atoms with Crippen LogP contribution in [0.15, 0.2) is 30.3 Å². The van der Waals surface area contributed by atoms with Crippen molar-refractivity contribution >= 4 is 0 Å². The Bertz CT molecular complexity index is 369. The van der Waals surface area contributed by atoms with Crippen LogP contribution in [0.1, 0.15) is 24.8 Å². The van der Waals surface area contributed by atoms with Crippen molar-refractivity contribution in [2.75, 3.05) is 33.7 Å². The number of aryl methyl sites for hydroxylation is 1. The fourth-order valence-corrected chi connectivity index (χ4v) is 3.04. The molecule has 1 aliphatic heterocycles. The maximum atomic E-state index is 6.29. The Morgan fingerprint density at radius 1 is 1.20 bits per heavy atom. The molecule has 3 heteroatoms. The molecule has 1 heterocycles. The highest BCUT2D eigenvalue weighted by Crippen LogP contribution is 2.14. The molecule has 1 saturated heterocycles. The summed E-state index contributed by atoms with van der Waals surface area (Å²) in [4.78, 5) is 4.89. The molecule has 0 bridgehead atoms. The van der Waals surface area contributed by atoms with Gasteiger partial charge in [0.25, 0.3) is 0 Å². The van der Waals surface area contributed by atoms with Gasteiger partial charge in [-0.1, -0.05) is 30.3 Å². The smallest absolute Gasteiger partial charge is 0.0170 e. The highest BCUT2D eigenvalue weighted by atomic mass is 15.2. The third-order valence-corrected chi connectivity index (χ3v) is 4.43. The number of benzene rings is 1. The molecule has 0 radical (unpaired) electrons. The van der Waals surface area contributed by atoms with E-state index in [1.54, 1.807) is 0 Å². The Balaban J connectivity index is 1.66. The first-order chi connectivity index (χ1) is 9.65. The highest BCUT2D eigenvalue weighted by Gasteiger charge is 2.21. The molecule has 1 atom stereocenters. The van der Waals surface area contributed by atoms with E-state index in [1.807, 2.05) is 0 Å². The Morgan fingerprint density at radius 3 is 2.45 bits per heavy atom. The minimum Gasteiger partial charge on any atom is -0.327 e. The van der Waals surface area contributed by atoms with Gasteiger partial charge in [-0.2, -0.15) is 0 Å². The summed E-state index contributed by atoms with van der Waals surface area (Å²) in [5.41, 5.74) is 7.69. The lowest BCUT2D eigenvalue weighted by Gasteiger charge is -2.36. The van der Waals surface area contributed by atoms with Crippen LogP contribution in [0.2, 0.25) is 0 Å². The summed E-state index contributed by atoms with van der Waals surface area (Å²) in [7, 11) is 4.37. The largest absolute Gasteiger partial charge is 0.327 e. The highest BCUT2D eigenvalue weighted by molar-refractivity contribution is 5.14. The van der Waals surface area contributed by atoms with Gasteiger partial charge in [0, 0.05) is 18.6 Å². The zero-order chi connectivity index (χ0) is 14.4. The van der Waals surface area contributed by atoms with E-state index in [1.165, 1.54) is 31.5 Å². The number of hydrogen-bond acceptors (Lipinski definition) is 3. The fraction of sp³-hybridized carbons (Fsp3) is 0.647. The van der Waals surface area contributed by atoms with Gasteiger partial charge in [0.15, 0.2) is 0 Å². The summed E-state index contributed by atoms with van der Waals surface area (Å²) in [6.07, 6.45) is 4.73. The van der Waals surface area contributed by atoms with Crippen LogP contribution in [0.5, 0.6) is 0 Å². The lowest BCUT2D eigenvalue weighted by Crippen LogP contribution is -2.46. The zero-order valence-corrected chi connectivity index (χ0v) is 13.0. The summed E-state index contributed by atoms with van der Waals surface area (Å²) < 4.78 is 0. The molecule has 1 fully saturated rings.